The van der Waals surface area contributed by atoms with E-state index in [2.05, 4.69) is 40.5 Å². The largest absolute Gasteiger partial charge is 0.366 e. The van der Waals surface area contributed by atoms with Gasteiger partial charge in [-0.2, -0.15) is 0 Å². The molecule has 1 aromatic rings. The minimum Gasteiger partial charge on any atom is -0.366 e. The van der Waals surface area contributed by atoms with Crippen molar-refractivity contribution in [1.82, 2.24) is 5.32 Å². The third-order valence-corrected chi connectivity index (χ3v) is 3.98. The summed E-state index contributed by atoms with van der Waals surface area (Å²) in [6.45, 7) is 2.29. The second-order valence-corrected chi connectivity index (χ2v) is 4.94. The Kier molecular flexibility index (Phi) is 2.83. The van der Waals surface area contributed by atoms with Crippen molar-refractivity contribution in [3.8, 4) is 0 Å². The van der Waals surface area contributed by atoms with E-state index in [4.69, 9.17) is 0 Å². The van der Waals surface area contributed by atoms with Gasteiger partial charge in [-0.15, -0.1) is 0 Å². The van der Waals surface area contributed by atoms with Gasteiger partial charge in [-0.25, -0.2) is 0 Å². The summed E-state index contributed by atoms with van der Waals surface area (Å²) in [5, 5.41) is 3.68. The smallest absolute Gasteiger partial charge is 0.0443 e. The molecule has 2 fully saturated rings. The van der Waals surface area contributed by atoms with Gasteiger partial charge in [0.1, 0.15) is 0 Å². The molecule has 1 saturated heterocycles. The minimum absolute atomic E-state index is 0.725. The molecule has 0 unspecified atom stereocenters. The van der Waals surface area contributed by atoms with Gasteiger partial charge in [0.05, 0.1) is 0 Å². The van der Waals surface area contributed by atoms with Gasteiger partial charge >= 0.3 is 0 Å². The highest BCUT2D eigenvalue weighted by Gasteiger charge is 2.32. The summed E-state index contributed by atoms with van der Waals surface area (Å²) in [5.41, 5.74) is 1.40. The van der Waals surface area contributed by atoms with E-state index in [0.29, 0.717) is 0 Å². The van der Waals surface area contributed by atoms with Gasteiger partial charge in [0.15, 0.2) is 0 Å². The van der Waals surface area contributed by atoms with E-state index in [1.807, 2.05) is 0 Å². The molecule has 0 radical (unpaired) electrons. The third-order valence-electron chi connectivity index (χ3n) is 3.98. The van der Waals surface area contributed by atoms with Gasteiger partial charge in [-0.05, 0) is 25.0 Å². The monoisotopic (exact) mass is 216 g/mol. The van der Waals surface area contributed by atoms with Crippen molar-refractivity contribution >= 4 is 5.69 Å². The third kappa shape index (κ3) is 1.82. The Labute approximate surface area is 97.6 Å². The van der Waals surface area contributed by atoms with Crippen molar-refractivity contribution in [3.63, 3.8) is 0 Å². The Bertz CT molecular complexity index is 334. The summed E-state index contributed by atoms with van der Waals surface area (Å²) in [6.07, 6.45) is 5.50. The van der Waals surface area contributed by atoms with E-state index in [1.165, 1.54) is 31.4 Å². The zero-order valence-electron chi connectivity index (χ0n) is 9.73. The molecule has 2 atom stereocenters. The number of nitrogens with one attached hydrogen (secondary N) is 1. The van der Waals surface area contributed by atoms with Crippen molar-refractivity contribution in [2.45, 2.75) is 37.8 Å². The summed E-state index contributed by atoms with van der Waals surface area (Å²) in [5.74, 6) is 0. The number of para-hydroxylation sites is 1. The van der Waals surface area contributed by atoms with E-state index in [0.717, 1.165) is 25.2 Å². The Balaban J connectivity index is 1.83. The molecule has 86 valence electrons. The van der Waals surface area contributed by atoms with Gasteiger partial charge in [0.2, 0.25) is 0 Å². The SMILES string of the molecule is c1ccc(N2CCN[C@H]3CCCC[C@@H]32)cc1. The lowest BCUT2D eigenvalue weighted by Crippen LogP contribution is -2.59. The molecule has 1 N–H and O–H groups in total. The molecule has 1 aliphatic carbocycles. The fourth-order valence-electron chi connectivity index (χ4n) is 3.20. The Morgan fingerprint density at radius 3 is 2.75 bits per heavy atom. The van der Waals surface area contributed by atoms with Gasteiger partial charge in [0.25, 0.3) is 0 Å². The number of anilines is 1. The summed E-state index contributed by atoms with van der Waals surface area (Å²) in [7, 11) is 0. The van der Waals surface area contributed by atoms with E-state index in [-0.39, 0.29) is 0 Å². The van der Waals surface area contributed by atoms with Crippen molar-refractivity contribution in [1.29, 1.82) is 0 Å². The molecular formula is C14H20N2. The minimum atomic E-state index is 0.725. The molecule has 1 heterocycles. The van der Waals surface area contributed by atoms with Crippen LogP contribution in [0.2, 0.25) is 0 Å². The predicted octanol–water partition coefficient (Wildman–Crippen LogP) is 2.41. The molecule has 2 nitrogen and oxygen atoms in total. The van der Waals surface area contributed by atoms with Crippen LogP contribution in [0.3, 0.4) is 0 Å². The Hall–Kier alpha value is -1.02. The van der Waals surface area contributed by atoms with Crippen LogP contribution in [0.4, 0.5) is 5.69 Å². The number of hydrogen-bond acceptors (Lipinski definition) is 2. The first-order valence-corrected chi connectivity index (χ1v) is 6.50. The maximum Gasteiger partial charge on any atom is 0.0443 e. The summed E-state index contributed by atoms with van der Waals surface area (Å²) >= 11 is 0. The second kappa shape index (κ2) is 4.46. The summed E-state index contributed by atoms with van der Waals surface area (Å²) in [6, 6.07) is 12.3. The topological polar surface area (TPSA) is 15.3 Å². The average Bonchev–Trinajstić information content (AvgIpc) is 2.39. The van der Waals surface area contributed by atoms with Crippen LogP contribution in [-0.2, 0) is 0 Å². The van der Waals surface area contributed by atoms with Crippen LogP contribution in [0.15, 0.2) is 30.3 Å². The zero-order valence-corrected chi connectivity index (χ0v) is 9.73. The molecule has 0 aromatic heterocycles. The first-order valence-electron chi connectivity index (χ1n) is 6.50. The summed E-state index contributed by atoms with van der Waals surface area (Å²) in [4.78, 5) is 2.61. The lowest BCUT2D eigenvalue weighted by molar-refractivity contribution is 0.284. The number of benzene rings is 1. The van der Waals surface area contributed by atoms with Crippen molar-refractivity contribution < 1.29 is 0 Å². The van der Waals surface area contributed by atoms with E-state index in [9.17, 15) is 0 Å². The fraction of sp³-hybridized carbons (Fsp3) is 0.571. The normalized spacial score (nSPS) is 29.9. The molecule has 0 amide bonds. The van der Waals surface area contributed by atoms with Crippen LogP contribution in [0.25, 0.3) is 0 Å². The molecule has 0 spiro atoms. The first kappa shape index (κ1) is 10.2. The number of rotatable bonds is 1. The molecular weight excluding hydrogens is 196 g/mol. The molecule has 2 heteroatoms. The summed E-state index contributed by atoms with van der Waals surface area (Å²) < 4.78 is 0. The zero-order chi connectivity index (χ0) is 10.8. The van der Waals surface area contributed by atoms with Gasteiger partial charge < -0.3 is 10.2 Å². The highest BCUT2D eigenvalue weighted by atomic mass is 15.2. The van der Waals surface area contributed by atoms with Crippen LogP contribution < -0.4 is 10.2 Å². The standard InChI is InChI=1S/C14H20N2/c1-2-6-12(7-3-1)16-11-10-15-13-8-4-5-9-14(13)16/h1-3,6-7,13-15H,4-5,8-11H2/t13-,14-/m0/s1. The molecule has 1 saturated carbocycles. The fourth-order valence-corrected chi connectivity index (χ4v) is 3.20. The number of hydrogen-bond donors (Lipinski definition) is 1. The molecule has 0 bridgehead atoms. The van der Waals surface area contributed by atoms with Crippen molar-refractivity contribution in [2.75, 3.05) is 18.0 Å². The van der Waals surface area contributed by atoms with Gasteiger partial charge in [-0.1, -0.05) is 31.0 Å². The predicted molar refractivity (Wildman–Crippen MR) is 67.8 cm³/mol. The van der Waals surface area contributed by atoms with Crippen LogP contribution in [0, 0.1) is 0 Å². The molecule has 1 aromatic carbocycles. The molecule has 3 rings (SSSR count). The van der Waals surface area contributed by atoms with Crippen molar-refractivity contribution in [2.24, 2.45) is 0 Å². The number of fused-ring (bicyclic) bond motifs is 1. The maximum absolute atomic E-state index is 3.68. The van der Waals surface area contributed by atoms with Crippen molar-refractivity contribution in [3.05, 3.63) is 30.3 Å². The number of piperazine rings is 1. The Morgan fingerprint density at radius 2 is 1.88 bits per heavy atom. The maximum atomic E-state index is 3.68. The lowest BCUT2D eigenvalue weighted by Gasteiger charge is -2.46. The lowest BCUT2D eigenvalue weighted by atomic mass is 9.87. The average molecular weight is 216 g/mol. The van der Waals surface area contributed by atoms with Gasteiger partial charge in [-0.3, -0.25) is 0 Å². The highest BCUT2D eigenvalue weighted by Crippen LogP contribution is 2.29. The van der Waals surface area contributed by atoms with Crippen LogP contribution >= 0.6 is 0 Å². The van der Waals surface area contributed by atoms with Crippen LogP contribution in [-0.4, -0.2) is 25.2 Å². The number of nitrogens with zero attached hydrogens (tertiary/aromatic N) is 1. The second-order valence-electron chi connectivity index (χ2n) is 4.94. The van der Waals surface area contributed by atoms with Gasteiger partial charge in [0, 0.05) is 30.9 Å². The van der Waals surface area contributed by atoms with E-state index in [1.54, 1.807) is 0 Å². The highest BCUT2D eigenvalue weighted by molar-refractivity contribution is 5.48. The molecule has 16 heavy (non-hydrogen) atoms. The quantitative estimate of drug-likeness (QED) is 0.775. The Morgan fingerprint density at radius 1 is 1.06 bits per heavy atom. The molecule has 2 aliphatic rings. The van der Waals surface area contributed by atoms with E-state index >= 15 is 0 Å². The van der Waals surface area contributed by atoms with Crippen LogP contribution in [0.5, 0.6) is 0 Å². The van der Waals surface area contributed by atoms with Crippen LogP contribution in [0.1, 0.15) is 25.7 Å². The molecule has 1 aliphatic heterocycles. The first-order chi connectivity index (χ1) is 7.95. The van der Waals surface area contributed by atoms with E-state index < -0.39 is 0 Å².